The highest BCUT2D eigenvalue weighted by molar-refractivity contribution is 7.21. The standard InChI is InChI=1S/C15H12ClNOS/c1-18-12-6-7-13-14(8-12)19-15(17-13)11-4-2-10(9-16)3-5-11/h2-8H,9H2,1H3. The smallest absolute Gasteiger partial charge is 0.124 e. The van der Waals surface area contributed by atoms with Crippen molar-refractivity contribution in [3.63, 3.8) is 0 Å². The molecule has 96 valence electrons. The molecule has 1 heterocycles. The maximum atomic E-state index is 5.80. The lowest BCUT2D eigenvalue weighted by Gasteiger charge is -1.97. The third kappa shape index (κ3) is 2.44. The van der Waals surface area contributed by atoms with Crippen molar-refractivity contribution < 1.29 is 4.74 Å². The van der Waals surface area contributed by atoms with Gasteiger partial charge in [0.15, 0.2) is 0 Å². The molecule has 0 aliphatic heterocycles. The van der Waals surface area contributed by atoms with Gasteiger partial charge in [-0.15, -0.1) is 22.9 Å². The molecule has 0 bridgehead atoms. The van der Waals surface area contributed by atoms with Gasteiger partial charge in [0.1, 0.15) is 10.8 Å². The highest BCUT2D eigenvalue weighted by atomic mass is 35.5. The number of nitrogens with zero attached hydrogens (tertiary/aromatic N) is 1. The summed E-state index contributed by atoms with van der Waals surface area (Å²) < 4.78 is 6.37. The Balaban J connectivity index is 2.04. The second kappa shape index (κ2) is 5.19. The molecule has 0 fully saturated rings. The molecular formula is C15H12ClNOS. The molecule has 1 aromatic heterocycles. The minimum atomic E-state index is 0.539. The van der Waals surface area contributed by atoms with Gasteiger partial charge in [-0.3, -0.25) is 0 Å². The molecule has 4 heteroatoms. The summed E-state index contributed by atoms with van der Waals surface area (Å²) >= 11 is 7.47. The SMILES string of the molecule is COc1ccc2nc(-c3ccc(CCl)cc3)sc2c1. The van der Waals surface area contributed by atoms with E-state index in [1.165, 1.54) is 0 Å². The van der Waals surface area contributed by atoms with Crippen molar-refractivity contribution in [3.05, 3.63) is 48.0 Å². The summed E-state index contributed by atoms with van der Waals surface area (Å²) in [6, 6.07) is 14.1. The molecule has 0 aliphatic carbocycles. The molecule has 0 aliphatic rings. The van der Waals surface area contributed by atoms with Gasteiger partial charge >= 0.3 is 0 Å². The maximum Gasteiger partial charge on any atom is 0.124 e. The van der Waals surface area contributed by atoms with Gasteiger partial charge in [-0.2, -0.15) is 0 Å². The van der Waals surface area contributed by atoms with Crippen LogP contribution in [-0.4, -0.2) is 12.1 Å². The fourth-order valence-corrected chi connectivity index (χ4v) is 3.07. The summed E-state index contributed by atoms with van der Waals surface area (Å²) in [6.45, 7) is 0. The van der Waals surface area contributed by atoms with E-state index in [2.05, 4.69) is 17.1 Å². The first kappa shape index (κ1) is 12.5. The number of hydrogen-bond acceptors (Lipinski definition) is 3. The number of benzene rings is 2. The number of methoxy groups -OCH3 is 1. The Morgan fingerprint density at radius 2 is 1.95 bits per heavy atom. The minimum absolute atomic E-state index is 0.539. The lowest BCUT2D eigenvalue weighted by molar-refractivity contribution is 0.415. The number of halogens is 1. The Kier molecular flexibility index (Phi) is 3.40. The zero-order valence-electron chi connectivity index (χ0n) is 10.4. The molecule has 0 unspecified atom stereocenters. The van der Waals surface area contributed by atoms with E-state index in [0.717, 1.165) is 32.1 Å². The molecule has 0 saturated carbocycles. The van der Waals surface area contributed by atoms with E-state index in [4.69, 9.17) is 16.3 Å². The number of aromatic nitrogens is 1. The lowest BCUT2D eigenvalue weighted by Crippen LogP contribution is -1.80. The van der Waals surface area contributed by atoms with E-state index in [9.17, 15) is 0 Å². The highest BCUT2D eigenvalue weighted by Crippen LogP contribution is 2.32. The molecular weight excluding hydrogens is 278 g/mol. The Morgan fingerprint density at radius 1 is 1.16 bits per heavy atom. The van der Waals surface area contributed by atoms with Gasteiger partial charge in [-0.1, -0.05) is 24.3 Å². The number of thiazole rings is 1. The Hall–Kier alpha value is -1.58. The van der Waals surface area contributed by atoms with Crippen LogP contribution in [0.3, 0.4) is 0 Å². The van der Waals surface area contributed by atoms with Crippen LogP contribution in [-0.2, 0) is 5.88 Å². The third-order valence-corrected chi connectivity index (χ3v) is 4.33. The Morgan fingerprint density at radius 3 is 2.63 bits per heavy atom. The van der Waals surface area contributed by atoms with Crippen molar-refractivity contribution in [2.45, 2.75) is 5.88 Å². The first-order valence-corrected chi connectivity index (χ1v) is 7.25. The van der Waals surface area contributed by atoms with Crippen molar-refractivity contribution in [2.75, 3.05) is 7.11 Å². The summed E-state index contributed by atoms with van der Waals surface area (Å²) in [4.78, 5) is 4.64. The first-order valence-electron chi connectivity index (χ1n) is 5.90. The molecule has 3 rings (SSSR count). The van der Waals surface area contributed by atoms with E-state index in [1.54, 1.807) is 18.4 Å². The van der Waals surface area contributed by atoms with Gasteiger partial charge in [0, 0.05) is 11.4 Å². The van der Waals surface area contributed by atoms with Crippen LogP contribution in [0.1, 0.15) is 5.56 Å². The van der Waals surface area contributed by atoms with Gasteiger partial charge in [0.05, 0.1) is 17.3 Å². The average molecular weight is 290 g/mol. The largest absolute Gasteiger partial charge is 0.497 e. The van der Waals surface area contributed by atoms with Crippen molar-refractivity contribution in [1.29, 1.82) is 0 Å². The number of rotatable bonds is 3. The average Bonchev–Trinajstić information content (AvgIpc) is 2.90. The number of hydrogen-bond donors (Lipinski definition) is 0. The Bertz CT molecular complexity index is 706. The van der Waals surface area contributed by atoms with Crippen LogP contribution >= 0.6 is 22.9 Å². The van der Waals surface area contributed by atoms with Gasteiger partial charge in [0.2, 0.25) is 0 Å². The maximum absolute atomic E-state index is 5.80. The van der Waals surface area contributed by atoms with E-state index in [0.29, 0.717) is 5.88 Å². The van der Waals surface area contributed by atoms with Crippen LogP contribution < -0.4 is 4.74 Å². The van der Waals surface area contributed by atoms with E-state index >= 15 is 0 Å². The minimum Gasteiger partial charge on any atom is -0.497 e. The zero-order valence-corrected chi connectivity index (χ0v) is 12.0. The second-order valence-corrected chi connectivity index (χ2v) is 5.48. The van der Waals surface area contributed by atoms with Crippen molar-refractivity contribution in [2.24, 2.45) is 0 Å². The van der Waals surface area contributed by atoms with Crippen LogP contribution in [0.25, 0.3) is 20.8 Å². The van der Waals surface area contributed by atoms with Crippen LogP contribution in [0.2, 0.25) is 0 Å². The lowest BCUT2D eigenvalue weighted by atomic mass is 10.2. The van der Waals surface area contributed by atoms with Crippen molar-refractivity contribution in [1.82, 2.24) is 4.98 Å². The van der Waals surface area contributed by atoms with Crippen LogP contribution in [0.5, 0.6) is 5.75 Å². The van der Waals surface area contributed by atoms with E-state index in [1.807, 2.05) is 30.3 Å². The summed E-state index contributed by atoms with van der Waals surface area (Å²) in [7, 11) is 1.67. The predicted octanol–water partition coefficient (Wildman–Crippen LogP) is 4.71. The first-order chi connectivity index (χ1) is 9.30. The number of ether oxygens (including phenoxy) is 1. The molecule has 3 aromatic rings. The predicted molar refractivity (Wildman–Crippen MR) is 81.2 cm³/mol. The number of alkyl halides is 1. The van der Waals surface area contributed by atoms with Gasteiger partial charge in [-0.25, -0.2) is 4.98 Å². The molecule has 19 heavy (non-hydrogen) atoms. The molecule has 2 aromatic carbocycles. The summed E-state index contributed by atoms with van der Waals surface area (Å²) in [6.07, 6.45) is 0. The second-order valence-electron chi connectivity index (χ2n) is 4.18. The molecule has 0 saturated heterocycles. The fourth-order valence-electron chi connectivity index (χ4n) is 1.89. The summed E-state index contributed by atoms with van der Waals surface area (Å²) in [5.41, 5.74) is 3.24. The van der Waals surface area contributed by atoms with Gasteiger partial charge in [-0.05, 0) is 23.8 Å². The molecule has 0 spiro atoms. The van der Waals surface area contributed by atoms with Gasteiger partial charge < -0.3 is 4.74 Å². The quantitative estimate of drug-likeness (QED) is 0.651. The van der Waals surface area contributed by atoms with E-state index < -0.39 is 0 Å². The van der Waals surface area contributed by atoms with Gasteiger partial charge in [0.25, 0.3) is 0 Å². The molecule has 2 nitrogen and oxygen atoms in total. The normalized spacial score (nSPS) is 10.8. The zero-order chi connectivity index (χ0) is 13.2. The van der Waals surface area contributed by atoms with Crippen molar-refractivity contribution >= 4 is 33.2 Å². The topological polar surface area (TPSA) is 22.1 Å². The molecule has 0 radical (unpaired) electrons. The monoisotopic (exact) mass is 289 g/mol. The van der Waals surface area contributed by atoms with Crippen LogP contribution in [0.15, 0.2) is 42.5 Å². The van der Waals surface area contributed by atoms with Crippen LogP contribution in [0, 0.1) is 0 Å². The van der Waals surface area contributed by atoms with Crippen LogP contribution in [0.4, 0.5) is 0 Å². The Labute approximate surface area is 120 Å². The fraction of sp³-hybridized carbons (Fsp3) is 0.133. The number of fused-ring (bicyclic) bond motifs is 1. The molecule has 0 N–H and O–H groups in total. The highest BCUT2D eigenvalue weighted by Gasteiger charge is 2.07. The van der Waals surface area contributed by atoms with Crippen molar-refractivity contribution in [3.8, 4) is 16.3 Å². The summed E-state index contributed by atoms with van der Waals surface area (Å²) in [5, 5.41) is 1.02. The summed E-state index contributed by atoms with van der Waals surface area (Å²) in [5.74, 6) is 1.40. The van der Waals surface area contributed by atoms with E-state index in [-0.39, 0.29) is 0 Å². The molecule has 0 amide bonds. The third-order valence-electron chi connectivity index (χ3n) is 2.95. The molecule has 0 atom stereocenters.